The number of halogens is 1. The van der Waals surface area contributed by atoms with Gasteiger partial charge in [-0.25, -0.2) is 9.18 Å². The van der Waals surface area contributed by atoms with Crippen LogP contribution in [0.25, 0.3) is 10.8 Å². The second-order valence-electron chi connectivity index (χ2n) is 5.61. The Morgan fingerprint density at radius 2 is 1.79 bits per heavy atom. The molecule has 0 fully saturated rings. The minimum atomic E-state index is -0.717. The molecule has 0 bridgehead atoms. The molecule has 0 aliphatic heterocycles. The maximum absolute atomic E-state index is 13.2. The Morgan fingerprint density at radius 3 is 2.54 bits per heavy atom. The number of hydrogen-bond acceptors (Lipinski definition) is 3. The lowest BCUT2D eigenvalue weighted by atomic mass is 10.1. The first-order valence-electron chi connectivity index (χ1n) is 7.71. The van der Waals surface area contributed by atoms with Gasteiger partial charge in [0.15, 0.2) is 0 Å². The Labute approximate surface area is 139 Å². The van der Waals surface area contributed by atoms with Crippen LogP contribution in [0.4, 0.5) is 4.39 Å². The number of carbonyl (C=O) groups excluding carboxylic acids is 1. The van der Waals surface area contributed by atoms with Gasteiger partial charge in [0, 0.05) is 6.42 Å². The van der Waals surface area contributed by atoms with Crippen molar-refractivity contribution in [2.75, 3.05) is 6.61 Å². The minimum Gasteiger partial charge on any atom is -0.456 e. The molecule has 1 atom stereocenters. The van der Waals surface area contributed by atoms with Crippen LogP contribution < -0.4 is 0 Å². The first kappa shape index (κ1) is 16.1. The first-order chi connectivity index (χ1) is 11.7. The van der Waals surface area contributed by atoms with Crippen LogP contribution in [0.2, 0.25) is 0 Å². The molecule has 3 nitrogen and oxygen atoms in total. The Hall–Kier alpha value is -2.72. The normalized spacial score (nSPS) is 12.1. The maximum Gasteiger partial charge on any atom is 0.338 e. The van der Waals surface area contributed by atoms with Crippen molar-refractivity contribution in [3.05, 3.63) is 83.7 Å². The van der Waals surface area contributed by atoms with E-state index in [9.17, 15) is 14.3 Å². The lowest BCUT2D eigenvalue weighted by Gasteiger charge is -2.16. The molecule has 0 amide bonds. The summed E-state index contributed by atoms with van der Waals surface area (Å²) in [6.07, 6.45) is -0.459. The van der Waals surface area contributed by atoms with Crippen molar-refractivity contribution in [2.45, 2.75) is 12.5 Å². The number of ether oxygens (including phenoxy) is 1. The summed E-state index contributed by atoms with van der Waals surface area (Å²) in [5.74, 6) is -0.860. The van der Waals surface area contributed by atoms with E-state index in [-0.39, 0.29) is 18.8 Å². The smallest absolute Gasteiger partial charge is 0.338 e. The summed E-state index contributed by atoms with van der Waals surface area (Å²) in [5, 5.41) is 11.4. The average molecular weight is 324 g/mol. The molecular weight excluding hydrogens is 307 g/mol. The van der Waals surface area contributed by atoms with Gasteiger partial charge < -0.3 is 9.84 Å². The maximum atomic E-state index is 13.2. The number of hydrogen-bond donors (Lipinski definition) is 1. The van der Waals surface area contributed by atoms with E-state index in [4.69, 9.17) is 4.74 Å². The van der Waals surface area contributed by atoms with Crippen molar-refractivity contribution >= 4 is 16.7 Å². The van der Waals surface area contributed by atoms with E-state index in [1.54, 1.807) is 24.3 Å². The fraction of sp³-hybridized carbons (Fsp3) is 0.150. The molecule has 0 radical (unpaired) electrons. The summed E-state index contributed by atoms with van der Waals surface area (Å²) in [6, 6.07) is 19.1. The zero-order valence-electron chi connectivity index (χ0n) is 13.0. The second kappa shape index (κ2) is 7.23. The largest absolute Gasteiger partial charge is 0.456 e. The van der Waals surface area contributed by atoms with Crippen molar-refractivity contribution in [3.8, 4) is 0 Å². The molecule has 3 aromatic rings. The highest BCUT2D eigenvalue weighted by atomic mass is 19.1. The predicted octanol–water partition coefficient (Wildman–Crippen LogP) is 3.74. The van der Waals surface area contributed by atoms with Crippen LogP contribution >= 0.6 is 0 Å². The second-order valence-corrected chi connectivity index (χ2v) is 5.61. The molecule has 1 unspecified atom stereocenters. The number of esters is 1. The van der Waals surface area contributed by atoms with Crippen LogP contribution in [0.3, 0.4) is 0 Å². The summed E-state index contributed by atoms with van der Waals surface area (Å²) >= 11 is 0. The van der Waals surface area contributed by atoms with Crippen molar-refractivity contribution < 1.29 is 19.0 Å². The van der Waals surface area contributed by atoms with E-state index in [2.05, 4.69) is 0 Å². The fourth-order valence-corrected chi connectivity index (χ4v) is 2.61. The van der Waals surface area contributed by atoms with Crippen LogP contribution in [-0.2, 0) is 11.2 Å². The Bertz CT molecular complexity index is 860. The van der Waals surface area contributed by atoms with Crippen LogP contribution in [0.15, 0.2) is 66.7 Å². The third-order valence-electron chi connectivity index (χ3n) is 3.81. The predicted molar refractivity (Wildman–Crippen MR) is 90.3 cm³/mol. The fourth-order valence-electron chi connectivity index (χ4n) is 2.61. The van der Waals surface area contributed by atoms with E-state index < -0.39 is 12.1 Å². The van der Waals surface area contributed by atoms with Gasteiger partial charge in [-0.05, 0) is 40.6 Å². The van der Waals surface area contributed by atoms with E-state index in [1.807, 2.05) is 30.3 Å². The summed E-state index contributed by atoms with van der Waals surface area (Å²) in [4.78, 5) is 12.3. The minimum absolute atomic E-state index is 0.258. The summed E-state index contributed by atoms with van der Waals surface area (Å²) in [7, 11) is 0. The molecule has 0 aromatic heterocycles. The Morgan fingerprint density at radius 1 is 1.00 bits per heavy atom. The zero-order chi connectivity index (χ0) is 16.9. The molecule has 122 valence electrons. The van der Waals surface area contributed by atoms with Crippen LogP contribution in [0.5, 0.6) is 0 Å². The number of aliphatic hydroxyl groups excluding tert-OH is 1. The summed E-state index contributed by atoms with van der Waals surface area (Å²) in [5.41, 5.74) is 1.09. The van der Waals surface area contributed by atoms with E-state index >= 15 is 0 Å². The van der Waals surface area contributed by atoms with Crippen LogP contribution in [0.1, 0.15) is 15.9 Å². The highest BCUT2D eigenvalue weighted by Crippen LogP contribution is 2.17. The average Bonchev–Trinajstić information content (AvgIpc) is 2.60. The molecule has 0 saturated carbocycles. The number of rotatable bonds is 5. The number of benzene rings is 3. The molecule has 0 spiro atoms. The molecule has 0 aliphatic rings. The quantitative estimate of drug-likeness (QED) is 0.727. The third kappa shape index (κ3) is 3.78. The van der Waals surface area contributed by atoms with Gasteiger partial charge >= 0.3 is 5.97 Å². The molecular formula is C20H17FO3. The van der Waals surface area contributed by atoms with Crippen molar-refractivity contribution in [1.82, 2.24) is 0 Å². The summed E-state index contributed by atoms with van der Waals surface area (Å²) < 4.78 is 18.6. The SMILES string of the molecule is O=C(OC(CO)Cc1cccc(F)c1)c1ccc2ccccc2c1. The number of carbonyl (C=O) groups is 1. The molecule has 0 heterocycles. The highest BCUT2D eigenvalue weighted by Gasteiger charge is 2.16. The number of fused-ring (bicyclic) bond motifs is 1. The molecule has 0 saturated heterocycles. The third-order valence-corrected chi connectivity index (χ3v) is 3.81. The molecule has 3 rings (SSSR count). The number of aliphatic hydroxyl groups is 1. The molecule has 24 heavy (non-hydrogen) atoms. The molecule has 1 N–H and O–H groups in total. The van der Waals surface area contributed by atoms with Crippen molar-refractivity contribution in [1.29, 1.82) is 0 Å². The van der Waals surface area contributed by atoms with Gasteiger partial charge in [0.2, 0.25) is 0 Å². The van der Waals surface area contributed by atoms with Gasteiger partial charge in [-0.2, -0.15) is 0 Å². The molecule has 4 heteroatoms. The zero-order valence-corrected chi connectivity index (χ0v) is 13.0. The standard InChI is InChI=1S/C20H17FO3/c21-18-7-3-4-14(10-18)11-19(13-22)24-20(23)17-9-8-15-5-1-2-6-16(15)12-17/h1-10,12,19,22H,11,13H2. The van der Waals surface area contributed by atoms with Crippen molar-refractivity contribution in [3.63, 3.8) is 0 Å². The van der Waals surface area contributed by atoms with Gasteiger partial charge in [0.25, 0.3) is 0 Å². The van der Waals surface area contributed by atoms with E-state index in [0.717, 1.165) is 10.8 Å². The van der Waals surface area contributed by atoms with Crippen molar-refractivity contribution in [2.24, 2.45) is 0 Å². The molecule has 3 aromatic carbocycles. The highest BCUT2D eigenvalue weighted by molar-refractivity contribution is 5.95. The van der Waals surface area contributed by atoms with Gasteiger partial charge in [-0.15, -0.1) is 0 Å². The molecule has 0 aliphatic carbocycles. The Balaban J connectivity index is 1.73. The van der Waals surface area contributed by atoms with Gasteiger partial charge in [0.05, 0.1) is 12.2 Å². The van der Waals surface area contributed by atoms with E-state index in [0.29, 0.717) is 11.1 Å². The van der Waals surface area contributed by atoms with Gasteiger partial charge in [-0.3, -0.25) is 0 Å². The van der Waals surface area contributed by atoms with Gasteiger partial charge in [-0.1, -0.05) is 42.5 Å². The lowest BCUT2D eigenvalue weighted by molar-refractivity contribution is 0.0142. The lowest BCUT2D eigenvalue weighted by Crippen LogP contribution is -2.24. The van der Waals surface area contributed by atoms with E-state index in [1.165, 1.54) is 12.1 Å². The first-order valence-corrected chi connectivity index (χ1v) is 7.71. The Kier molecular flexibility index (Phi) is 4.87. The summed E-state index contributed by atoms with van der Waals surface area (Å²) in [6.45, 7) is -0.324. The van der Waals surface area contributed by atoms with Gasteiger partial charge in [0.1, 0.15) is 11.9 Å². The van der Waals surface area contributed by atoms with Crippen LogP contribution in [0, 0.1) is 5.82 Å². The van der Waals surface area contributed by atoms with Crippen LogP contribution in [-0.4, -0.2) is 23.8 Å². The topological polar surface area (TPSA) is 46.5 Å². The monoisotopic (exact) mass is 324 g/mol.